The summed E-state index contributed by atoms with van der Waals surface area (Å²) in [5.41, 5.74) is 8.52. The summed E-state index contributed by atoms with van der Waals surface area (Å²) in [7, 11) is 0. The molecule has 1 saturated heterocycles. The molecule has 122 valence electrons. The van der Waals surface area contributed by atoms with Gasteiger partial charge >= 0.3 is 0 Å². The third-order valence-corrected chi connectivity index (χ3v) is 4.48. The van der Waals surface area contributed by atoms with Gasteiger partial charge in [-0.3, -0.25) is 9.78 Å². The number of carbonyl (C=O) groups excluding carboxylic acids is 1. The molecular weight excluding hydrogens is 304 g/mol. The van der Waals surface area contributed by atoms with Gasteiger partial charge in [0, 0.05) is 37.0 Å². The quantitative estimate of drug-likeness (QED) is 0.776. The van der Waals surface area contributed by atoms with Crippen LogP contribution in [-0.4, -0.2) is 43.5 Å². The highest BCUT2D eigenvalue weighted by atomic mass is 16.2. The summed E-state index contributed by atoms with van der Waals surface area (Å²) in [6, 6.07) is 7.42. The van der Waals surface area contributed by atoms with Crippen LogP contribution in [0.2, 0.25) is 0 Å². The fraction of sp³-hybridized carbons (Fsp3) is 0.294. The van der Waals surface area contributed by atoms with Crippen molar-refractivity contribution in [1.29, 1.82) is 0 Å². The Morgan fingerprint density at radius 2 is 2.04 bits per heavy atom. The minimum Gasteiger partial charge on any atom is -0.368 e. The third kappa shape index (κ3) is 2.58. The van der Waals surface area contributed by atoms with E-state index < -0.39 is 0 Å². The maximum absolute atomic E-state index is 12.7. The van der Waals surface area contributed by atoms with E-state index in [-0.39, 0.29) is 11.8 Å². The zero-order valence-electron chi connectivity index (χ0n) is 13.2. The predicted molar refractivity (Wildman–Crippen MR) is 89.5 cm³/mol. The highest BCUT2D eigenvalue weighted by Crippen LogP contribution is 2.28. The number of piperidine rings is 1. The molecule has 1 fully saturated rings. The number of hydrogen-bond acceptors (Lipinski definition) is 5. The van der Waals surface area contributed by atoms with E-state index in [4.69, 9.17) is 5.73 Å². The van der Waals surface area contributed by atoms with Crippen molar-refractivity contribution in [2.75, 3.05) is 18.8 Å². The molecule has 0 saturated carbocycles. The van der Waals surface area contributed by atoms with Crippen molar-refractivity contribution in [3.8, 4) is 0 Å². The molecule has 0 spiro atoms. The Morgan fingerprint density at radius 1 is 1.21 bits per heavy atom. The molecular formula is C17H18N6O. The van der Waals surface area contributed by atoms with Crippen molar-refractivity contribution in [2.45, 2.75) is 18.8 Å². The number of likely N-dealkylation sites (tertiary alicyclic amines) is 1. The van der Waals surface area contributed by atoms with Gasteiger partial charge in [-0.2, -0.15) is 5.10 Å². The van der Waals surface area contributed by atoms with Crippen molar-refractivity contribution in [1.82, 2.24) is 24.5 Å². The van der Waals surface area contributed by atoms with Gasteiger partial charge in [-0.25, -0.2) is 9.50 Å². The summed E-state index contributed by atoms with van der Waals surface area (Å²) in [5, 5.41) is 4.15. The van der Waals surface area contributed by atoms with Crippen molar-refractivity contribution < 1.29 is 4.79 Å². The lowest BCUT2D eigenvalue weighted by atomic mass is 9.94. The van der Waals surface area contributed by atoms with Crippen molar-refractivity contribution in [3.63, 3.8) is 0 Å². The number of carbonyl (C=O) groups is 1. The standard InChI is InChI=1S/C17H18N6O/c18-17-21-15(10-14-5-8-20-23(14)17)13-2-1-9-22(11-13)16(24)12-3-6-19-7-4-12/h3-8,10,13H,1-2,9,11H2,(H2,18,21)/t13-/m0/s1. The van der Waals surface area contributed by atoms with Crippen LogP contribution in [0.4, 0.5) is 5.95 Å². The number of aromatic nitrogens is 4. The number of nitrogen functional groups attached to an aromatic ring is 1. The van der Waals surface area contributed by atoms with E-state index in [1.165, 1.54) is 0 Å². The zero-order valence-corrected chi connectivity index (χ0v) is 13.2. The Labute approximate surface area is 139 Å². The molecule has 7 heteroatoms. The molecule has 0 aliphatic carbocycles. The van der Waals surface area contributed by atoms with Gasteiger partial charge in [-0.15, -0.1) is 0 Å². The van der Waals surface area contributed by atoms with E-state index in [9.17, 15) is 4.79 Å². The molecule has 0 bridgehead atoms. The summed E-state index contributed by atoms with van der Waals surface area (Å²) in [6.45, 7) is 1.42. The van der Waals surface area contributed by atoms with Crippen molar-refractivity contribution in [2.24, 2.45) is 0 Å². The fourth-order valence-electron chi connectivity index (χ4n) is 3.27. The first kappa shape index (κ1) is 14.6. The lowest BCUT2D eigenvalue weighted by Gasteiger charge is -2.32. The largest absolute Gasteiger partial charge is 0.368 e. The van der Waals surface area contributed by atoms with Gasteiger partial charge < -0.3 is 10.6 Å². The van der Waals surface area contributed by atoms with E-state index in [0.717, 1.165) is 30.6 Å². The number of pyridine rings is 1. The van der Waals surface area contributed by atoms with Crippen LogP contribution < -0.4 is 5.73 Å². The predicted octanol–water partition coefficient (Wildman–Crippen LogP) is 1.73. The maximum atomic E-state index is 12.7. The van der Waals surface area contributed by atoms with Gasteiger partial charge in [0.2, 0.25) is 5.95 Å². The van der Waals surface area contributed by atoms with E-state index >= 15 is 0 Å². The SMILES string of the molecule is Nc1nc([C@H]2CCCN(C(=O)c3ccncc3)C2)cc2ccnn12. The van der Waals surface area contributed by atoms with Gasteiger partial charge in [0.05, 0.1) is 17.4 Å². The summed E-state index contributed by atoms with van der Waals surface area (Å²) < 4.78 is 1.62. The highest BCUT2D eigenvalue weighted by molar-refractivity contribution is 5.94. The number of hydrogen-bond donors (Lipinski definition) is 1. The van der Waals surface area contributed by atoms with Crippen LogP contribution in [-0.2, 0) is 0 Å². The normalized spacial score (nSPS) is 18.0. The molecule has 3 aromatic rings. The average molecular weight is 322 g/mol. The van der Waals surface area contributed by atoms with Gasteiger partial charge in [0.25, 0.3) is 5.91 Å². The lowest BCUT2D eigenvalue weighted by Crippen LogP contribution is -2.39. The summed E-state index contributed by atoms with van der Waals surface area (Å²) in [6.07, 6.45) is 6.94. The number of amides is 1. The molecule has 2 N–H and O–H groups in total. The number of nitrogens with zero attached hydrogens (tertiary/aromatic N) is 5. The van der Waals surface area contributed by atoms with Crippen molar-refractivity contribution in [3.05, 3.63) is 54.1 Å². The van der Waals surface area contributed by atoms with Crippen LogP contribution in [0.1, 0.15) is 34.8 Å². The molecule has 1 amide bonds. The first-order chi connectivity index (χ1) is 11.7. The Bertz CT molecular complexity index is 875. The molecule has 4 heterocycles. The van der Waals surface area contributed by atoms with Gasteiger partial charge in [-0.05, 0) is 37.1 Å². The Morgan fingerprint density at radius 3 is 2.88 bits per heavy atom. The summed E-state index contributed by atoms with van der Waals surface area (Å²) >= 11 is 0. The molecule has 7 nitrogen and oxygen atoms in total. The minimum atomic E-state index is 0.0421. The first-order valence-corrected chi connectivity index (χ1v) is 8.02. The van der Waals surface area contributed by atoms with E-state index in [1.54, 1.807) is 35.2 Å². The summed E-state index contributed by atoms with van der Waals surface area (Å²) in [4.78, 5) is 23.0. The van der Waals surface area contributed by atoms with Crippen LogP contribution in [0, 0.1) is 0 Å². The van der Waals surface area contributed by atoms with Gasteiger partial charge in [0.1, 0.15) is 0 Å². The van der Waals surface area contributed by atoms with Crippen molar-refractivity contribution >= 4 is 17.4 Å². The number of fused-ring (bicyclic) bond motifs is 1. The molecule has 0 unspecified atom stereocenters. The topological polar surface area (TPSA) is 89.4 Å². The molecule has 3 aromatic heterocycles. The van der Waals surface area contributed by atoms with Crippen LogP contribution in [0.5, 0.6) is 0 Å². The number of anilines is 1. The van der Waals surface area contributed by atoms with Crippen LogP contribution >= 0.6 is 0 Å². The smallest absolute Gasteiger partial charge is 0.253 e. The van der Waals surface area contributed by atoms with E-state index in [0.29, 0.717) is 18.1 Å². The fourth-order valence-corrected chi connectivity index (χ4v) is 3.27. The highest BCUT2D eigenvalue weighted by Gasteiger charge is 2.26. The molecule has 1 atom stereocenters. The second-order valence-electron chi connectivity index (χ2n) is 6.03. The molecule has 0 radical (unpaired) electrons. The van der Waals surface area contributed by atoms with Crippen LogP contribution in [0.15, 0.2) is 42.9 Å². The Balaban J connectivity index is 1.59. The van der Waals surface area contributed by atoms with Crippen LogP contribution in [0.3, 0.4) is 0 Å². The van der Waals surface area contributed by atoms with E-state index in [2.05, 4.69) is 15.1 Å². The average Bonchev–Trinajstić information content (AvgIpc) is 3.11. The monoisotopic (exact) mass is 322 g/mol. The van der Waals surface area contributed by atoms with Gasteiger partial charge in [-0.1, -0.05) is 0 Å². The lowest BCUT2D eigenvalue weighted by molar-refractivity contribution is 0.0706. The first-order valence-electron chi connectivity index (χ1n) is 8.02. The Kier molecular flexibility index (Phi) is 3.60. The third-order valence-electron chi connectivity index (χ3n) is 4.48. The van der Waals surface area contributed by atoms with E-state index in [1.807, 2.05) is 17.0 Å². The zero-order chi connectivity index (χ0) is 16.5. The maximum Gasteiger partial charge on any atom is 0.253 e. The Hall–Kier alpha value is -2.96. The number of rotatable bonds is 2. The second-order valence-corrected chi connectivity index (χ2v) is 6.03. The van der Waals surface area contributed by atoms with Crippen LogP contribution in [0.25, 0.3) is 5.52 Å². The molecule has 4 rings (SSSR count). The second kappa shape index (κ2) is 5.92. The minimum absolute atomic E-state index is 0.0421. The van der Waals surface area contributed by atoms with Gasteiger partial charge in [0.15, 0.2) is 0 Å². The molecule has 0 aromatic carbocycles. The molecule has 24 heavy (non-hydrogen) atoms. The number of nitrogens with two attached hydrogens (primary N) is 1. The molecule has 1 aliphatic rings. The summed E-state index contributed by atoms with van der Waals surface area (Å²) in [5.74, 6) is 0.609. The molecule has 1 aliphatic heterocycles.